The van der Waals surface area contributed by atoms with Crippen LogP contribution in [0, 0.1) is 6.92 Å². The molecule has 0 fully saturated rings. The highest BCUT2D eigenvalue weighted by molar-refractivity contribution is 9.10. The Morgan fingerprint density at radius 3 is 2.94 bits per heavy atom. The molecule has 1 aromatic carbocycles. The molecule has 0 atom stereocenters. The van der Waals surface area contributed by atoms with Crippen molar-refractivity contribution in [2.75, 3.05) is 5.32 Å². The van der Waals surface area contributed by atoms with Crippen LogP contribution in [0.25, 0.3) is 0 Å². The molecular weight excluding hydrogens is 272 g/mol. The van der Waals surface area contributed by atoms with Gasteiger partial charge in [-0.1, -0.05) is 21.1 Å². The van der Waals surface area contributed by atoms with Crippen LogP contribution in [0.15, 0.2) is 39.7 Å². The minimum Gasteiger partial charge on any atom is -0.364 e. The first-order chi connectivity index (χ1) is 7.66. The molecular formula is C11H9BrN2O2. The van der Waals surface area contributed by atoms with Gasteiger partial charge in [0.2, 0.25) is 0 Å². The molecule has 0 bridgehead atoms. The number of carbonyl (C=O) groups is 1. The van der Waals surface area contributed by atoms with Gasteiger partial charge in [-0.15, -0.1) is 0 Å². The van der Waals surface area contributed by atoms with E-state index in [1.807, 2.05) is 25.1 Å². The van der Waals surface area contributed by atoms with Crippen LogP contribution >= 0.6 is 15.9 Å². The third-order valence-corrected chi connectivity index (χ3v) is 3.00. The van der Waals surface area contributed by atoms with Gasteiger partial charge in [-0.2, -0.15) is 0 Å². The number of hydrogen-bond donors (Lipinski definition) is 1. The fourth-order valence-corrected chi connectivity index (χ4v) is 1.49. The summed E-state index contributed by atoms with van der Waals surface area (Å²) in [5, 5.41) is 6.23. The molecule has 4 nitrogen and oxygen atoms in total. The molecule has 5 heteroatoms. The number of benzene rings is 1. The maximum atomic E-state index is 11.6. The Morgan fingerprint density at radius 2 is 2.31 bits per heavy atom. The summed E-state index contributed by atoms with van der Waals surface area (Å²) < 4.78 is 5.61. The van der Waals surface area contributed by atoms with Crippen LogP contribution < -0.4 is 5.32 Å². The summed E-state index contributed by atoms with van der Waals surface area (Å²) in [6, 6.07) is 5.59. The number of anilines is 1. The maximum Gasteiger partial charge on any atom is 0.260 e. The second-order valence-electron chi connectivity index (χ2n) is 3.33. The normalized spacial score (nSPS) is 10.1. The molecule has 0 radical (unpaired) electrons. The average Bonchev–Trinajstić information content (AvgIpc) is 2.77. The van der Waals surface area contributed by atoms with E-state index in [2.05, 4.69) is 30.9 Å². The summed E-state index contributed by atoms with van der Waals surface area (Å²) in [4.78, 5) is 11.6. The smallest absolute Gasteiger partial charge is 0.260 e. The molecule has 0 aliphatic rings. The molecule has 1 aromatic heterocycles. The lowest BCUT2D eigenvalue weighted by atomic mass is 10.2. The number of halogens is 1. The fraction of sp³-hybridized carbons (Fsp3) is 0.0909. The molecule has 0 aliphatic heterocycles. The van der Waals surface area contributed by atoms with Gasteiger partial charge in [-0.3, -0.25) is 4.79 Å². The number of hydrogen-bond acceptors (Lipinski definition) is 3. The second-order valence-corrected chi connectivity index (χ2v) is 4.19. The standard InChI is InChI=1S/C11H9BrN2O2/c1-7-4-9(2-3-10(7)12)14-11(15)8-5-13-16-6-8/h2-6H,1H3,(H,14,15). The molecule has 2 rings (SSSR count). The van der Waals surface area contributed by atoms with E-state index in [0.717, 1.165) is 15.7 Å². The summed E-state index contributed by atoms with van der Waals surface area (Å²) in [5.74, 6) is -0.233. The van der Waals surface area contributed by atoms with Crippen molar-refractivity contribution in [3.05, 3.63) is 46.3 Å². The molecule has 0 spiro atoms. The number of amides is 1. The molecule has 0 aliphatic carbocycles. The van der Waals surface area contributed by atoms with Crippen molar-refractivity contribution < 1.29 is 9.32 Å². The predicted octanol–water partition coefficient (Wildman–Crippen LogP) is 3.00. The summed E-state index contributed by atoms with van der Waals surface area (Å²) in [6.07, 6.45) is 2.68. The van der Waals surface area contributed by atoms with Gasteiger partial charge in [-0.05, 0) is 30.7 Å². The topological polar surface area (TPSA) is 55.1 Å². The minimum absolute atomic E-state index is 0.233. The zero-order valence-electron chi connectivity index (χ0n) is 8.53. The third-order valence-electron chi connectivity index (χ3n) is 2.11. The van der Waals surface area contributed by atoms with E-state index in [9.17, 15) is 4.79 Å². The number of rotatable bonds is 2. The zero-order valence-corrected chi connectivity index (χ0v) is 10.1. The Balaban J connectivity index is 2.15. The lowest BCUT2D eigenvalue weighted by Crippen LogP contribution is -2.10. The largest absolute Gasteiger partial charge is 0.364 e. The highest BCUT2D eigenvalue weighted by Crippen LogP contribution is 2.20. The number of nitrogens with one attached hydrogen (secondary N) is 1. The Morgan fingerprint density at radius 1 is 1.50 bits per heavy atom. The van der Waals surface area contributed by atoms with Crippen molar-refractivity contribution in [2.45, 2.75) is 6.92 Å². The van der Waals surface area contributed by atoms with E-state index in [4.69, 9.17) is 0 Å². The lowest BCUT2D eigenvalue weighted by molar-refractivity contribution is 0.102. The Hall–Kier alpha value is -1.62. The van der Waals surface area contributed by atoms with Crippen molar-refractivity contribution in [2.24, 2.45) is 0 Å². The molecule has 2 aromatic rings. The Labute approximate surface area is 101 Å². The molecule has 1 N–H and O–H groups in total. The van der Waals surface area contributed by atoms with Crippen LogP contribution in [0.4, 0.5) is 5.69 Å². The number of aromatic nitrogens is 1. The van der Waals surface area contributed by atoms with Gasteiger partial charge in [0.05, 0.1) is 11.8 Å². The van der Waals surface area contributed by atoms with Crippen LogP contribution in [0.2, 0.25) is 0 Å². The monoisotopic (exact) mass is 280 g/mol. The molecule has 0 saturated carbocycles. The number of carbonyl (C=O) groups excluding carboxylic acids is 1. The highest BCUT2D eigenvalue weighted by atomic mass is 79.9. The van der Waals surface area contributed by atoms with E-state index < -0.39 is 0 Å². The first-order valence-corrected chi connectivity index (χ1v) is 5.43. The summed E-state index contributed by atoms with van der Waals surface area (Å²) in [5.41, 5.74) is 2.20. The third kappa shape index (κ3) is 2.30. The molecule has 16 heavy (non-hydrogen) atoms. The van der Waals surface area contributed by atoms with E-state index in [0.29, 0.717) is 5.56 Å². The molecule has 1 amide bonds. The summed E-state index contributed by atoms with van der Waals surface area (Å²) >= 11 is 3.40. The van der Waals surface area contributed by atoms with Gasteiger partial charge in [0.1, 0.15) is 6.26 Å². The minimum atomic E-state index is -0.233. The van der Waals surface area contributed by atoms with E-state index >= 15 is 0 Å². The Kier molecular flexibility index (Phi) is 3.05. The predicted molar refractivity (Wildman–Crippen MR) is 63.3 cm³/mol. The molecule has 1 heterocycles. The van der Waals surface area contributed by atoms with Crippen molar-refractivity contribution in [3.63, 3.8) is 0 Å². The van der Waals surface area contributed by atoms with Gasteiger partial charge in [0.15, 0.2) is 0 Å². The highest BCUT2D eigenvalue weighted by Gasteiger charge is 2.08. The fourth-order valence-electron chi connectivity index (χ4n) is 1.24. The quantitative estimate of drug-likeness (QED) is 0.920. The van der Waals surface area contributed by atoms with E-state index in [-0.39, 0.29) is 5.91 Å². The van der Waals surface area contributed by atoms with Crippen LogP contribution in [-0.2, 0) is 0 Å². The SMILES string of the molecule is Cc1cc(NC(=O)c2cnoc2)ccc1Br. The average molecular weight is 281 g/mol. The van der Waals surface area contributed by atoms with Crippen molar-refractivity contribution in [1.82, 2.24) is 5.16 Å². The van der Waals surface area contributed by atoms with E-state index in [1.54, 1.807) is 0 Å². The van der Waals surface area contributed by atoms with Crippen LogP contribution in [0.3, 0.4) is 0 Å². The number of nitrogens with zero attached hydrogens (tertiary/aromatic N) is 1. The maximum absolute atomic E-state index is 11.6. The lowest BCUT2D eigenvalue weighted by Gasteiger charge is -2.05. The van der Waals surface area contributed by atoms with Crippen LogP contribution in [0.1, 0.15) is 15.9 Å². The second kappa shape index (κ2) is 4.49. The van der Waals surface area contributed by atoms with Crippen molar-refractivity contribution >= 4 is 27.5 Å². The van der Waals surface area contributed by atoms with Gasteiger partial charge in [0, 0.05) is 10.2 Å². The summed E-state index contributed by atoms with van der Waals surface area (Å²) in [6.45, 7) is 1.96. The van der Waals surface area contributed by atoms with Gasteiger partial charge in [0.25, 0.3) is 5.91 Å². The van der Waals surface area contributed by atoms with Gasteiger partial charge in [-0.25, -0.2) is 0 Å². The van der Waals surface area contributed by atoms with Crippen molar-refractivity contribution in [3.8, 4) is 0 Å². The zero-order chi connectivity index (χ0) is 11.5. The summed E-state index contributed by atoms with van der Waals surface area (Å²) in [7, 11) is 0. The Bertz CT molecular complexity index is 509. The van der Waals surface area contributed by atoms with E-state index in [1.165, 1.54) is 12.5 Å². The first-order valence-electron chi connectivity index (χ1n) is 4.63. The molecule has 0 unspecified atom stereocenters. The molecule has 0 saturated heterocycles. The van der Waals surface area contributed by atoms with Gasteiger partial charge < -0.3 is 9.84 Å². The van der Waals surface area contributed by atoms with Crippen molar-refractivity contribution in [1.29, 1.82) is 0 Å². The van der Waals surface area contributed by atoms with Crippen LogP contribution in [-0.4, -0.2) is 11.1 Å². The molecule has 82 valence electrons. The van der Waals surface area contributed by atoms with Crippen LogP contribution in [0.5, 0.6) is 0 Å². The van der Waals surface area contributed by atoms with Gasteiger partial charge >= 0.3 is 0 Å². The first kappa shape index (κ1) is 10.9. The number of aryl methyl sites for hydroxylation is 1.